The van der Waals surface area contributed by atoms with Gasteiger partial charge in [0.1, 0.15) is 0 Å². The molecule has 0 spiro atoms. The Morgan fingerprint density at radius 3 is 2.88 bits per heavy atom. The molecular formula is C12H15N3O2. The summed E-state index contributed by atoms with van der Waals surface area (Å²) < 4.78 is 0. The molecule has 1 atom stereocenters. The maximum atomic E-state index is 10.6. The van der Waals surface area contributed by atoms with Gasteiger partial charge in [-0.1, -0.05) is 12.1 Å². The van der Waals surface area contributed by atoms with E-state index in [9.17, 15) is 10.1 Å². The van der Waals surface area contributed by atoms with Crippen LogP contribution < -0.4 is 0 Å². The van der Waals surface area contributed by atoms with Gasteiger partial charge < -0.3 is 4.90 Å². The van der Waals surface area contributed by atoms with E-state index < -0.39 is 4.92 Å². The van der Waals surface area contributed by atoms with Gasteiger partial charge in [0, 0.05) is 25.2 Å². The Kier molecular flexibility index (Phi) is 4.61. The van der Waals surface area contributed by atoms with Gasteiger partial charge >= 0.3 is 0 Å². The van der Waals surface area contributed by atoms with Crippen LogP contribution in [-0.4, -0.2) is 23.4 Å². The van der Waals surface area contributed by atoms with Crippen molar-refractivity contribution in [1.82, 2.24) is 4.90 Å². The van der Waals surface area contributed by atoms with E-state index in [1.165, 1.54) is 6.07 Å². The van der Waals surface area contributed by atoms with Crippen molar-refractivity contribution in [3.63, 3.8) is 0 Å². The molecule has 0 aliphatic rings. The maximum Gasteiger partial charge on any atom is 0.269 e. The second-order valence-corrected chi connectivity index (χ2v) is 4.15. The summed E-state index contributed by atoms with van der Waals surface area (Å²) in [7, 11) is 1.90. The molecule has 0 aromatic heterocycles. The van der Waals surface area contributed by atoms with Crippen molar-refractivity contribution in [2.45, 2.75) is 13.5 Å². The van der Waals surface area contributed by atoms with Crippen molar-refractivity contribution in [2.75, 3.05) is 13.6 Å². The summed E-state index contributed by atoms with van der Waals surface area (Å²) in [6, 6.07) is 8.72. The van der Waals surface area contributed by atoms with Crippen molar-refractivity contribution >= 4 is 5.69 Å². The minimum atomic E-state index is -0.401. The lowest BCUT2D eigenvalue weighted by atomic mass is 10.1. The highest BCUT2D eigenvalue weighted by atomic mass is 16.6. The lowest BCUT2D eigenvalue weighted by Crippen LogP contribution is -2.23. The van der Waals surface area contributed by atoms with Gasteiger partial charge in [0.25, 0.3) is 5.69 Å². The molecule has 0 bridgehead atoms. The highest BCUT2D eigenvalue weighted by molar-refractivity contribution is 5.34. The normalized spacial score (nSPS) is 12.1. The summed E-state index contributed by atoms with van der Waals surface area (Å²) in [5.74, 6) is -0.0429. The van der Waals surface area contributed by atoms with E-state index in [1.54, 1.807) is 12.1 Å². The standard InChI is InChI=1S/C12H15N3O2/c1-10(7-13)8-14(2)9-11-4-3-5-12(6-11)15(16)17/h3-6,10H,8-9H2,1-2H3. The van der Waals surface area contributed by atoms with Crippen LogP contribution in [0, 0.1) is 27.4 Å². The first kappa shape index (κ1) is 13.1. The number of hydrogen-bond acceptors (Lipinski definition) is 4. The molecule has 17 heavy (non-hydrogen) atoms. The van der Waals surface area contributed by atoms with Gasteiger partial charge in [0.05, 0.1) is 16.9 Å². The van der Waals surface area contributed by atoms with Crippen LogP contribution in [0.1, 0.15) is 12.5 Å². The van der Waals surface area contributed by atoms with Gasteiger partial charge in [0.15, 0.2) is 0 Å². The number of rotatable bonds is 5. The van der Waals surface area contributed by atoms with Crippen LogP contribution in [0.5, 0.6) is 0 Å². The number of nitriles is 1. The van der Waals surface area contributed by atoms with E-state index in [1.807, 2.05) is 24.9 Å². The highest BCUT2D eigenvalue weighted by Gasteiger charge is 2.09. The summed E-state index contributed by atoms with van der Waals surface area (Å²) in [6.45, 7) is 3.11. The average Bonchev–Trinajstić information content (AvgIpc) is 2.28. The first-order valence-electron chi connectivity index (χ1n) is 5.34. The van der Waals surface area contributed by atoms with Crippen LogP contribution in [0.2, 0.25) is 0 Å². The molecule has 5 nitrogen and oxygen atoms in total. The first-order chi connectivity index (χ1) is 8.02. The third-order valence-corrected chi connectivity index (χ3v) is 2.38. The number of nitro groups is 1. The molecule has 0 amide bonds. The second-order valence-electron chi connectivity index (χ2n) is 4.15. The zero-order chi connectivity index (χ0) is 12.8. The largest absolute Gasteiger partial charge is 0.301 e. The molecular weight excluding hydrogens is 218 g/mol. The van der Waals surface area contributed by atoms with Crippen molar-refractivity contribution in [2.24, 2.45) is 5.92 Å². The molecule has 0 fully saturated rings. The highest BCUT2D eigenvalue weighted by Crippen LogP contribution is 2.14. The predicted molar refractivity (Wildman–Crippen MR) is 64.2 cm³/mol. The van der Waals surface area contributed by atoms with E-state index in [0.717, 1.165) is 5.56 Å². The van der Waals surface area contributed by atoms with Crippen LogP contribution >= 0.6 is 0 Å². The Morgan fingerprint density at radius 1 is 1.59 bits per heavy atom. The molecule has 0 aliphatic carbocycles. The predicted octanol–water partition coefficient (Wildman–Crippen LogP) is 2.19. The van der Waals surface area contributed by atoms with Gasteiger partial charge in [-0.2, -0.15) is 5.26 Å². The Hall–Kier alpha value is -1.93. The third-order valence-electron chi connectivity index (χ3n) is 2.38. The summed E-state index contributed by atoms with van der Waals surface area (Å²) in [5, 5.41) is 19.3. The Balaban J connectivity index is 2.65. The zero-order valence-electron chi connectivity index (χ0n) is 9.96. The molecule has 1 rings (SSSR count). The fraction of sp³-hybridized carbons (Fsp3) is 0.417. The molecule has 0 saturated carbocycles. The summed E-state index contributed by atoms with van der Waals surface area (Å²) in [4.78, 5) is 12.2. The van der Waals surface area contributed by atoms with Gasteiger partial charge in [-0.25, -0.2) is 0 Å². The number of benzene rings is 1. The van der Waals surface area contributed by atoms with Crippen LogP contribution in [-0.2, 0) is 6.54 Å². The molecule has 1 aromatic carbocycles. The molecule has 0 N–H and O–H groups in total. The Labute approximate surface area is 100 Å². The zero-order valence-corrected chi connectivity index (χ0v) is 9.96. The lowest BCUT2D eigenvalue weighted by Gasteiger charge is -2.17. The van der Waals surface area contributed by atoms with E-state index in [2.05, 4.69) is 6.07 Å². The Morgan fingerprint density at radius 2 is 2.29 bits per heavy atom. The molecule has 90 valence electrons. The average molecular weight is 233 g/mol. The van der Waals surface area contributed by atoms with Gasteiger partial charge in [0.2, 0.25) is 0 Å². The topological polar surface area (TPSA) is 70.2 Å². The number of hydrogen-bond donors (Lipinski definition) is 0. The number of nitrogens with zero attached hydrogens (tertiary/aromatic N) is 3. The smallest absolute Gasteiger partial charge is 0.269 e. The fourth-order valence-corrected chi connectivity index (χ4v) is 1.65. The minimum absolute atomic E-state index is 0.0429. The third kappa shape index (κ3) is 4.21. The molecule has 0 heterocycles. The molecule has 0 radical (unpaired) electrons. The molecule has 0 aliphatic heterocycles. The second kappa shape index (κ2) is 5.97. The first-order valence-corrected chi connectivity index (χ1v) is 5.34. The van der Waals surface area contributed by atoms with E-state index >= 15 is 0 Å². The minimum Gasteiger partial charge on any atom is -0.301 e. The molecule has 1 unspecified atom stereocenters. The van der Waals surface area contributed by atoms with Crippen molar-refractivity contribution in [3.05, 3.63) is 39.9 Å². The fourth-order valence-electron chi connectivity index (χ4n) is 1.65. The van der Waals surface area contributed by atoms with E-state index in [4.69, 9.17) is 5.26 Å². The van der Waals surface area contributed by atoms with Crippen LogP contribution in [0.15, 0.2) is 24.3 Å². The van der Waals surface area contributed by atoms with Gasteiger partial charge in [-0.15, -0.1) is 0 Å². The van der Waals surface area contributed by atoms with Gasteiger partial charge in [-0.3, -0.25) is 10.1 Å². The quantitative estimate of drug-likeness (QED) is 0.577. The number of nitro benzene ring substituents is 1. The molecule has 5 heteroatoms. The SMILES string of the molecule is CC(C#N)CN(C)Cc1cccc([N+](=O)[O-])c1. The van der Waals surface area contributed by atoms with Crippen LogP contribution in [0.25, 0.3) is 0 Å². The van der Waals surface area contributed by atoms with Crippen molar-refractivity contribution in [3.8, 4) is 6.07 Å². The Bertz CT molecular complexity index is 440. The lowest BCUT2D eigenvalue weighted by molar-refractivity contribution is -0.384. The van der Waals surface area contributed by atoms with E-state index in [0.29, 0.717) is 13.1 Å². The summed E-state index contributed by atoms with van der Waals surface area (Å²) >= 11 is 0. The van der Waals surface area contributed by atoms with E-state index in [-0.39, 0.29) is 11.6 Å². The van der Waals surface area contributed by atoms with Crippen LogP contribution in [0.4, 0.5) is 5.69 Å². The van der Waals surface area contributed by atoms with Crippen molar-refractivity contribution < 1.29 is 4.92 Å². The molecule has 0 saturated heterocycles. The number of non-ortho nitro benzene ring substituents is 1. The van der Waals surface area contributed by atoms with Crippen molar-refractivity contribution in [1.29, 1.82) is 5.26 Å². The molecule has 1 aromatic rings. The maximum absolute atomic E-state index is 10.6. The van der Waals surface area contributed by atoms with Gasteiger partial charge in [-0.05, 0) is 19.5 Å². The summed E-state index contributed by atoms with van der Waals surface area (Å²) in [5.41, 5.74) is 0.982. The summed E-state index contributed by atoms with van der Waals surface area (Å²) in [6.07, 6.45) is 0. The monoisotopic (exact) mass is 233 g/mol. The van der Waals surface area contributed by atoms with Crippen LogP contribution in [0.3, 0.4) is 0 Å².